The topological polar surface area (TPSA) is 24.7 Å². The molecule has 2 nitrogen and oxygen atoms in total. The number of nitrogens with zero attached hydrogens (tertiary/aromatic N) is 2. The van der Waals surface area contributed by atoms with Crippen LogP contribution in [0, 0.1) is 0 Å². The normalized spacial score (nSPS) is 10.9. The van der Waals surface area contributed by atoms with Crippen molar-refractivity contribution in [1.82, 2.24) is 0 Å². The standard InChI is InChI=1S/C19H16N2/c1-3-9-16(10-4-1)15-17-11-7-8-14-19(17)21-20-18-12-5-2-6-13-18/h1-14H,15H2/b21-20+. The van der Waals surface area contributed by atoms with Gasteiger partial charge in [0, 0.05) is 0 Å². The van der Waals surface area contributed by atoms with Crippen molar-refractivity contribution >= 4 is 11.4 Å². The van der Waals surface area contributed by atoms with Crippen molar-refractivity contribution in [3.63, 3.8) is 0 Å². The number of azo groups is 1. The van der Waals surface area contributed by atoms with Crippen molar-refractivity contribution in [2.45, 2.75) is 6.42 Å². The van der Waals surface area contributed by atoms with Crippen molar-refractivity contribution in [1.29, 1.82) is 0 Å². The van der Waals surface area contributed by atoms with Gasteiger partial charge in [0.25, 0.3) is 0 Å². The first kappa shape index (κ1) is 13.3. The zero-order valence-corrected chi connectivity index (χ0v) is 11.7. The van der Waals surface area contributed by atoms with Crippen LogP contribution < -0.4 is 0 Å². The van der Waals surface area contributed by atoms with Crippen molar-refractivity contribution in [2.75, 3.05) is 0 Å². The van der Waals surface area contributed by atoms with E-state index in [2.05, 4.69) is 40.6 Å². The predicted molar refractivity (Wildman–Crippen MR) is 86.3 cm³/mol. The smallest absolute Gasteiger partial charge is 0.0892 e. The molecule has 0 unspecified atom stereocenters. The summed E-state index contributed by atoms with van der Waals surface area (Å²) in [4.78, 5) is 0. The quantitative estimate of drug-likeness (QED) is 0.545. The zero-order chi connectivity index (χ0) is 14.3. The molecule has 0 aromatic heterocycles. The van der Waals surface area contributed by atoms with Gasteiger partial charge >= 0.3 is 0 Å². The van der Waals surface area contributed by atoms with Crippen molar-refractivity contribution < 1.29 is 0 Å². The summed E-state index contributed by atoms with van der Waals surface area (Å²) in [7, 11) is 0. The van der Waals surface area contributed by atoms with Gasteiger partial charge in [-0.1, -0.05) is 66.7 Å². The monoisotopic (exact) mass is 272 g/mol. The molecule has 102 valence electrons. The fourth-order valence-electron chi connectivity index (χ4n) is 2.18. The van der Waals surface area contributed by atoms with E-state index < -0.39 is 0 Å². The Kier molecular flexibility index (Phi) is 4.18. The van der Waals surface area contributed by atoms with Gasteiger partial charge in [0.05, 0.1) is 11.4 Å². The van der Waals surface area contributed by atoms with Crippen LogP contribution in [0.1, 0.15) is 11.1 Å². The van der Waals surface area contributed by atoms with E-state index in [4.69, 9.17) is 0 Å². The fraction of sp³-hybridized carbons (Fsp3) is 0.0526. The SMILES string of the molecule is c1ccc(Cc2ccccc2/N=N/c2ccccc2)cc1. The van der Waals surface area contributed by atoms with E-state index >= 15 is 0 Å². The predicted octanol–water partition coefficient (Wildman–Crippen LogP) is 5.69. The fourth-order valence-corrected chi connectivity index (χ4v) is 2.18. The molecular formula is C19H16N2. The molecule has 21 heavy (non-hydrogen) atoms. The first-order valence-corrected chi connectivity index (χ1v) is 7.00. The molecule has 3 aromatic rings. The van der Waals surface area contributed by atoms with E-state index in [1.165, 1.54) is 11.1 Å². The van der Waals surface area contributed by atoms with Crippen LogP contribution in [-0.4, -0.2) is 0 Å². The summed E-state index contributed by atoms with van der Waals surface area (Å²) in [6.07, 6.45) is 0.866. The van der Waals surface area contributed by atoms with E-state index in [0.717, 1.165) is 17.8 Å². The van der Waals surface area contributed by atoms with Gasteiger partial charge in [0.15, 0.2) is 0 Å². The molecule has 3 aromatic carbocycles. The first-order chi connectivity index (χ1) is 10.4. The molecule has 0 amide bonds. The van der Waals surface area contributed by atoms with Crippen LogP contribution in [0.2, 0.25) is 0 Å². The van der Waals surface area contributed by atoms with E-state index in [9.17, 15) is 0 Å². The molecule has 0 atom stereocenters. The summed E-state index contributed by atoms with van der Waals surface area (Å²) in [5, 5.41) is 8.70. The summed E-state index contributed by atoms with van der Waals surface area (Å²) in [6.45, 7) is 0. The third-order valence-electron chi connectivity index (χ3n) is 3.26. The van der Waals surface area contributed by atoms with Gasteiger partial charge in [-0.3, -0.25) is 0 Å². The summed E-state index contributed by atoms with van der Waals surface area (Å²) < 4.78 is 0. The van der Waals surface area contributed by atoms with Gasteiger partial charge in [-0.05, 0) is 35.7 Å². The lowest BCUT2D eigenvalue weighted by Gasteiger charge is -2.04. The number of benzene rings is 3. The molecule has 0 heterocycles. The average Bonchev–Trinajstić information content (AvgIpc) is 2.56. The van der Waals surface area contributed by atoms with Crippen molar-refractivity contribution in [3.05, 3.63) is 96.1 Å². The Hall–Kier alpha value is -2.74. The molecule has 0 aliphatic heterocycles. The first-order valence-electron chi connectivity index (χ1n) is 7.00. The highest BCUT2D eigenvalue weighted by atomic mass is 15.1. The molecule has 0 N–H and O–H groups in total. The molecule has 0 saturated heterocycles. The van der Waals surface area contributed by atoms with E-state index in [-0.39, 0.29) is 0 Å². The molecule has 0 bridgehead atoms. The molecule has 0 radical (unpaired) electrons. The number of hydrogen-bond donors (Lipinski definition) is 0. The third-order valence-corrected chi connectivity index (χ3v) is 3.26. The molecule has 0 spiro atoms. The largest absolute Gasteiger partial charge is 0.151 e. The van der Waals surface area contributed by atoms with Crippen LogP contribution in [-0.2, 0) is 6.42 Å². The van der Waals surface area contributed by atoms with Crippen molar-refractivity contribution in [2.24, 2.45) is 10.2 Å². The Labute approximate surface area is 124 Å². The Morgan fingerprint density at radius 3 is 1.95 bits per heavy atom. The second-order valence-corrected chi connectivity index (χ2v) is 4.83. The van der Waals surface area contributed by atoms with E-state index in [0.29, 0.717) is 0 Å². The van der Waals surface area contributed by atoms with Gasteiger partial charge in [-0.15, -0.1) is 0 Å². The van der Waals surface area contributed by atoms with Crippen molar-refractivity contribution in [3.8, 4) is 0 Å². The van der Waals surface area contributed by atoms with Crippen LogP contribution in [0.3, 0.4) is 0 Å². The van der Waals surface area contributed by atoms with Gasteiger partial charge in [0.1, 0.15) is 0 Å². The molecule has 0 aliphatic rings. The molecule has 2 heteroatoms. The zero-order valence-electron chi connectivity index (χ0n) is 11.7. The van der Waals surface area contributed by atoms with Crippen LogP contribution >= 0.6 is 0 Å². The minimum Gasteiger partial charge on any atom is -0.151 e. The highest BCUT2D eigenvalue weighted by Crippen LogP contribution is 2.24. The maximum atomic E-state index is 4.40. The van der Waals surface area contributed by atoms with Crippen LogP contribution in [0.25, 0.3) is 0 Å². The summed E-state index contributed by atoms with van der Waals surface area (Å²) in [5.74, 6) is 0. The van der Waals surface area contributed by atoms with Crippen LogP contribution in [0.4, 0.5) is 11.4 Å². The lowest BCUT2D eigenvalue weighted by atomic mass is 10.0. The van der Waals surface area contributed by atoms with Gasteiger partial charge in [-0.2, -0.15) is 10.2 Å². The van der Waals surface area contributed by atoms with E-state index in [1.807, 2.05) is 54.6 Å². The highest BCUT2D eigenvalue weighted by Gasteiger charge is 2.02. The molecule has 3 rings (SSSR count). The lowest BCUT2D eigenvalue weighted by molar-refractivity contribution is 1.14. The minimum atomic E-state index is 0.866. The van der Waals surface area contributed by atoms with Crippen LogP contribution in [0.15, 0.2) is 95.2 Å². The second-order valence-electron chi connectivity index (χ2n) is 4.83. The Morgan fingerprint density at radius 2 is 1.19 bits per heavy atom. The van der Waals surface area contributed by atoms with Gasteiger partial charge in [0.2, 0.25) is 0 Å². The summed E-state index contributed by atoms with van der Waals surface area (Å²) in [6, 6.07) is 28.3. The number of rotatable bonds is 4. The Morgan fingerprint density at radius 1 is 0.571 bits per heavy atom. The molecule has 0 fully saturated rings. The third kappa shape index (κ3) is 3.63. The minimum absolute atomic E-state index is 0.866. The van der Waals surface area contributed by atoms with E-state index in [1.54, 1.807) is 0 Å². The Balaban J connectivity index is 1.84. The molecule has 0 aliphatic carbocycles. The maximum Gasteiger partial charge on any atom is 0.0892 e. The van der Waals surface area contributed by atoms with Gasteiger partial charge < -0.3 is 0 Å². The highest BCUT2D eigenvalue weighted by molar-refractivity contribution is 5.48. The summed E-state index contributed by atoms with van der Waals surface area (Å²) >= 11 is 0. The molecular weight excluding hydrogens is 256 g/mol. The molecule has 0 saturated carbocycles. The lowest BCUT2D eigenvalue weighted by Crippen LogP contribution is -1.87. The summed E-state index contributed by atoms with van der Waals surface area (Å²) in [5.41, 5.74) is 4.25. The Bertz CT molecular complexity index is 719. The van der Waals surface area contributed by atoms with Crippen LogP contribution in [0.5, 0.6) is 0 Å². The maximum absolute atomic E-state index is 4.40. The number of hydrogen-bond acceptors (Lipinski definition) is 2. The average molecular weight is 272 g/mol. The second kappa shape index (κ2) is 6.62. The van der Waals surface area contributed by atoms with Gasteiger partial charge in [-0.25, -0.2) is 0 Å².